The average molecular weight is 484 g/mol. The minimum absolute atomic E-state index is 0.135. The minimum Gasteiger partial charge on any atom is -0.496 e. The van der Waals surface area contributed by atoms with Gasteiger partial charge in [-0.3, -0.25) is 0 Å². The zero-order valence-electron chi connectivity index (χ0n) is 18.8. The van der Waals surface area contributed by atoms with Crippen molar-refractivity contribution in [1.29, 1.82) is 0 Å². The lowest BCUT2D eigenvalue weighted by Gasteiger charge is -2.22. The number of aryl methyl sites for hydroxylation is 2. The van der Waals surface area contributed by atoms with Gasteiger partial charge in [0.2, 0.25) is 0 Å². The molecule has 0 aliphatic carbocycles. The SMILES string of the molecule is COc1cc(C)c(S(=O)(=O)[C@H]2CS(=O)(=O)C[C@@H]2NCc2ccc(OC)c(OC)c2)cc1C. The Kier molecular flexibility index (Phi) is 7.06. The molecule has 0 radical (unpaired) electrons. The fourth-order valence-corrected chi connectivity index (χ4v) is 9.03. The molecular weight excluding hydrogens is 454 g/mol. The topological polar surface area (TPSA) is 108 Å². The molecule has 10 heteroatoms. The molecule has 0 bridgehead atoms. The molecule has 176 valence electrons. The van der Waals surface area contributed by atoms with Crippen LogP contribution in [0.1, 0.15) is 16.7 Å². The van der Waals surface area contributed by atoms with Gasteiger partial charge in [-0.2, -0.15) is 0 Å². The second-order valence-corrected chi connectivity index (χ2v) is 12.2. The monoisotopic (exact) mass is 483 g/mol. The smallest absolute Gasteiger partial charge is 0.184 e. The lowest BCUT2D eigenvalue weighted by Crippen LogP contribution is -2.43. The number of hydrogen-bond acceptors (Lipinski definition) is 8. The van der Waals surface area contributed by atoms with Gasteiger partial charge in [0.05, 0.1) is 43.0 Å². The van der Waals surface area contributed by atoms with Gasteiger partial charge in [0, 0.05) is 12.6 Å². The van der Waals surface area contributed by atoms with E-state index >= 15 is 0 Å². The van der Waals surface area contributed by atoms with Crippen molar-refractivity contribution in [2.45, 2.75) is 36.6 Å². The van der Waals surface area contributed by atoms with Crippen molar-refractivity contribution in [3.8, 4) is 17.2 Å². The lowest BCUT2D eigenvalue weighted by molar-refractivity contribution is 0.354. The average Bonchev–Trinajstić information content (AvgIpc) is 3.08. The van der Waals surface area contributed by atoms with Crippen LogP contribution in [0, 0.1) is 13.8 Å². The molecular formula is C22H29NO7S2. The second-order valence-electron chi connectivity index (χ2n) is 7.92. The van der Waals surface area contributed by atoms with Crippen LogP contribution >= 0.6 is 0 Å². The van der Waals surface area contributed by atoms with E-state index in [2.05, 4.69) is 5.32 Å². The number of rotatable bonds is 8. The van der Waals surface area contributed by atoms with Crippen LogP contribution in [0.25, 0.3) is 0 Å². The summed E-state index contributed by atoms with van der Waals surface area (Å²) in [5, 5.41) is 2.06. The standard InChI is InChI=1S/C22H29NO7S2/c1-14-9-21(15(2)8-19(14)29-4)32(26,27)22-13-31(24,25)12-17(22)23-11-16-6-7-18(28-3)20(10-16)30-5/h6-10,17,22-23H,11-13H2,1-5H3/t17-,22-/m0/s1. The first-order valence-electron chi connectivity index (χ1n) is 10.1. The van der Waals surface area contributed by atoms with Gasteiger partial charge < -0.3 is 19.5 Å². The second kappa shape index (κ2) is 9.29. The summed E-state index contributed by atoms with van der Waals surface area (Å²) in [7, 11) is -2.83. The summed E-state index contributed by atoms with van der Waals surface area (Å²) in [6.45, 7) is 3.73. The Hall–Kier alpha value is -2.30. The number of benzene rings is 2. The third-order valence-corrected chi connectivity index (χ3v) is 10.0. The maximum absolute atomic E-state index is 13.5. The van der Waals surface area contributed by atoms with Crippen LogP contribution < -0.4 is 19.5 Å². The quantitative estimate of drug-likeness (QED) is 0.608. The van der Waals surface area contributed by atoms with Crippen molar-refractivity contribution in [1.82, 2.24) is 5.32 Å². The van der Waals surface area contributed by atoms with E-state index in [0.717, 1.165) is 5.56 Å². The molecule has 1 N–H and O–H groups in total. The molecule has 2 atom stereocenters. The van der Waals surface area contributed by atoms with Gasteiger partial charge in [-0.1, -0.05) is 6.07 Å². The fourth-order valence-electron chi connectivity index (χ4n) is 4.00. The van der Waals surface area contributed by atoms with Crippen molar-refractivity contribution in [3.63, 3.8) is 0 Å². The van der Waals surface area contributed by atoms with E-state index < -0.39 is 36.7 Å². The molecule has 0 aromatic heterocycles. The van der Waals surface area contributed by atoms with Gasteiger partial charge in [-0.15, -0.1) is 0 Å². The molecule has 0 unspecified atom stereocenters. The number of ether oxygens (including phenoxy) is 3. The van der Waals surface area contributed by atoms with E-state index in [1.54, 1.807) is 38.1 Å². The molecule has 1 fully saturated rings. The summed E-state index contributed by atoms with van der Waals surface area (Å²) in [5.41, 5.74) is 2.02. The molecule has 0 amide bonds. The van der Waals surface area contributed by atoms with E-state index in [9.17, 15) is 16.8 Å². The normalized spacial score (nSPS) is 20.2. The summed E-state index contributed by atoms with van der Waals surface area (Å²) in [6.07, 6.45) is 0. The van der Waals surface area contributed by atoms with Crippen molar-refractivity contribution in [3.05, 3.63) is 47.0 Å². The Morgan fingerprint density at radius 1 is 0.906 bits per heavy atom. The van der Waals surface area contributed by atoms with Crippen LogP contribution in [0.4, 0.5) is 0 Å². The van der Waals surface area contributed by atoms with Crippen LogP contribution in [-0.2, 0) is 26.2 Å². The third-order valence-electron chi connectivity index (χ3n) is 5.71. The van der Waals surface area contributed by atoms with E-state index in [1.165, 1.54) is 21.3 Å². The van der Waals surface area contributed by atoms with Crippen LogP contribution in [0.2, 0.25) is 0 Å². The van der Waals surface area contributed by atoms with Crippen molar-refractivity contribution < 1.29 is 31.0 Å². The van der Waals surface area contributed by atoms with Gasteiger partial charge in [0.1, 0.15) is 5.75 Å². The van der Waals surface area contributed by atoms with Gasteiger partial charge in [-0.25, -0.2) is 16.8 Å². The maximum atomic E-state index is 13.5. The van der Waals surface area contributed by atoms with Crippen LogP contribution in [-0.4, -0.2) is 61.0 Å². The Morgan fingerprint density at radius 3 is 2.19 bits per heavy atom. The highest BCUT2D eigenvalue weighted by atomic mass is 32.2. The van der Waals surface area contributed by atoms with Crippen molar-refractivity contribution in [2.75, 3.05) is 32.8 Å². The molecule has 1 aliphatic heterocycles. The highest BCUT2D eigenvalue weighted by Crippen LogP contribution is 2.32. The highest BCUT2D eigenvalue weighted by Gasteiger charge is 2.46. The molecule has 2 aromatic carbocycles. The molecule has 2 aromatic rings. The fraction of sp³-hybridized carbons (Fsp3) is 0.455. The molecule has 0 spiro atoms. The Morgan fingerprint density at radius 2 is 1.56 bits per heavy atom. The molecule has 1 aliphatic rings. The maximum Gasteiger partial charge on any atom is 0.184 e. The molecule has 1 saturated heterocycles. The first-order chi connectivity index (χ1) is 15.0. The highest BCUT2D eigenvalue weighted by molar-refractivity contribution is 7.96. The van der Waals surface area contributed by atoms with Gasteiger partial charge in [0.15, 0.2) is 31.2 Å². The van der Waals surface area contributed by atoms with Gasteiger partial charge >= 0.3 is 0 Å². The first-order valence-corrected chi connectivity index (χ1v) is 13.4. The first kappa shape index (κ1) is 24.3. The van der Waals surface area contributed by atoms with Crippen molar-refractivity contribution in [2.24, 2.45) is 0 Å². The van der Waals surface area contributed by atoms with Crippen LogP contribution in [0.5, 0.6) is 17.2 Å². The predicted octanol–water partition coefficient (Wildman–Crippen LogP) is 2.06. The number of hydrogen-bond donors (Lipinski definition) is 1. The molecule has 8 nitrogen and oxygen atoms in total. The van der Waals surface area contributed by atoms with E-state index in [4.69, 9.17) is 14.2 Å². The largest absolute Gasteiger partial charge is 0.496 e. The Bertz CT molecular complexity index is 1210. The summed E-state index contributed by atoms with van der Waals surface area (Å²) in [5.74, 6) is 1.05. The number of methoxy groups -OCH3 is 3. The zero-order chi connectivity index (χ0) is 23.7. The number of sulfone groups is 2. The molecule has 3 rings (SSSR count). The molecule has 1 heterocycles. The number of nitrogens with one attached hydrogen (secondary N) is 1. The summed E-state index contributed by atoms with van der Waals surface area (Å²) in [6, 6.07) is 7.82. The molecule has 32 heavy (non-hydrogen) atoms. The Balaban J connectivity index is 1.89. The van der Waals surface area contributed by atoms with E-state index in [-0.39, 0.29) is 17.2 Å². The van der Waals surface area contributed by atoms with E-state index in [1.807, 2.05) is 6.07 Å². The summed E-state index contributed by atoms with van der Waals surface area (Å²) < 4.78 is 67.7. The van der Waals surface area contributed by atoms with Crippen molar-refractivity contribution >= 4 is 19.7 Å². The zero-order valence-corrected chi connectivity index (χ0v) is 20.5. The predicted molar refractivity (Wildman–Crippen MR) is 122 cm³/mol. The van der Waals surface area contributed by atoms with E-state index in [0.29, 0.717) is 28.4 Å². The summed E-state index contributed by atoms with van der Waals surface area (Å²) in [4.78, 5) is 0.135. The van der Waals surface area contributed by atoms with Gasteiger partial charge in [0.25, 0.3) is 0 Å². The third kappa shape index (κ3) is 4.87. The lowest BCUT2D eigenvalue weighted by atomic mass is 10.1. The molecule has 0 saturated carbocycles. The van der Waals surface area contributed by atoms with Gasteiger partial charge in [-0.05, 0) is 54.8 Å². The van der Waals surface area contributed by atoms with Crippen LogP contribution in [0.3, 0.4) is 0 Å². The Labute approximate surface area is 189 Å². The minimum atomic E-state index is -3.91. The van der Waals surface area contributed by atoms with Crippen LogP contribution in [0.15, 0.2) is 35.2 Å². The summed E-state index contributed by atoms with van der Waals surface area (Å²) >= 11 is 0.